The predicted octanol–water partition coefficient (Wildman–Crippen LogP) is 0.393. The number of aliphatic carboxylic acids is 2. The molecule has 24 heavy (non-hydrogen) atoms. The summed E-state index contributed by atoms with van der Waals surface area (Å²) < 4.78 is 33.2. The van der Waals surface area contributed by atoms with Crippen molar-refractivity contribution in [1.82, 2.24) is 10.4 Å². The maximum Gasteiger partial charge on any atom is 0.490 e. The summed E-state index contributed by atoms with van der Waals surface area (Å²) in [4.78, 5) is 30.7. The Morgan fingerprint density at radius 3 is 2.29 bits per heavy atom. The number of carbonyl (C=O) groups is 3. The van der Waals surface area contributed by atoms with Gasteiger partial charge >= 0.3 is 18.1 Å². The molecule has 1 aromatic rings. The highest BCUT2D eigenvalue weighted by molar-refractivity contribution is 5.93. The van der Waals surface area contributed by atoms with E-state index in [0.29, 0.717) is 12.1 Å². The van der Waals surface area contributed by atoms with Crippen molar-refractivity contribution >= 4 is 17.8 Å². The summed E-state index contributed by atoms with van der Waals surface area (Å²) in [5.74, 6) is -3.87. The fourth-order valence-electron chi connectivity index (χ4n) is 1.13. The van der Waals surface area contributed by atoms with Crippen molar-refractivity contribution in [3.05, 3.63) is 36.7 Å². The number of carboxylic acid groups (broad SMARTS) is 2. The van der Waals surface area contributed by atoms with Crippen LogP contribution in [-0.4, -0.2) is 45.9 Å². The number of hydrogen-bond donors (Lipinski definition) is 3. The van der Waals surface area contributed by atoms with Crippen LogP contribution in [0.3, 0.4) is 0 Å². The van der Waals surface area contributed by atoms with E-state index < -0.39 is 18.1 Å². The van der Waals surface area contributed by atoms with Gasteiger partial charge in [0.1, 0.15) is 12.6 Å². The second kappa shape index (κ2) is 9.92. The molecule has 8 nitrogen and oxygen atoms in total. The van der Waals surface area contributed by atoms with Crippen LogP contribution in [0.5, 0.6) is 0 Å². The molecule has 0 saturated carbocycles. The second-order valence-electron chi connectivity index (χ2n) is 4.12. The molecule has 0 atom stereocenters. The van der Waals surface area contributed by atoms with Crippen molar-refractivity contribution in [2.75, 3.05) is 6.54 Å². The van der Waals surface area contributed by atoms with Gasteiger partial charge in [0.05, 0.1) is 5.56 Å². The smallest absolute Gasteiger partial charge is 0.481 e. The van der Waals surface area contributed by atoms with Crippen molar-refractivity contribution in [3.63, 3.8) is 0 Å². The van der Waals surface area contributed by atoms with Gasteiger partial charge in [0, 0.05) is 12.6 Å². The monoisotopic (exact) mass is 350 g/mol. The van der Waals surface area contributed by atoms with Gasteiger partial charge in [0.15, 0.2) is 12.7 Å². The average Bonchev–Trinajstić information content (AvgIpc) is 2.50. The lowest BCUT2D eigenvalue weighted by molar-refractivity contribution is -0.753. The van der Waals surface area contributed by atoms with Crippen LogP contribution in [0.2, 0.25) is 0 Å². The van der Waals surface area contributed by atoms with E-state index >= 15 is 0 Å². The first-order valence-corrected chi connectivity index (χ1v) is 6.34. The van der Waals surface area contributed by atoms with Crippen LogP contribution >= 0.6 is 0 Å². The van der Waals surface area contributed by atoms with Crippen molar-refractivity contribution in [1.29, 1.82) is 0 Å². The Hall–Kier alpha value is -2.98. The SMILES string of the molecule is C=CCNC(=O)c1cc[n+](CCC(=O)O)nc1.O=C(O)C(F)(F)F. The van der Waals surface area contributed by atoms with Crippen LogP contribution < -0.4 is 10.00 Å². The molecule has 1 amide bonds. The Balaban J connectivity index is 0.000000640. The molecular formula is C13H15F3N3O5+. The van der Waals surface area contributed by atoms with E-state index in [1.165, 1.54) is 10.9 Å². The zero-order chi connectivity index (χ0) is 18.8. The molecule has 0 fully saturated rings. The fourth-order valence-corrected chi connectivity index (χ4v) is 1.13. The molecule has 0 aliphatic carbocycles. The number of nitrogens with zero attached hydrogens (tertiary/aromatic N) is 2. The zero-order valence-electron chi connectivity index (χ0n) is 12.3. The highest BCUT2D eigenvalue weighted by Gasteiger charge is 2.38. The summed E-state index contributed by atoms with van der Waals surface area (Å²) in [6.45, 7) is 4.17. The molecule has 1 heterocycles. The van der Waals surface area contributed by atoms with Gasteiger partial charge in [-0.2, -0.15) is 13.2 Å². The average molecular weight is 350 g/mol. The van der Waals surface area contributed by atoms with Gasteiger partial charge in [0.2, 0.25) is 0 Å². The van der Waals surface area contributed by atoms with Gasteiger partial charge in [-0.05, 0) is 5.10 Å². The summed E-state index contributed by atoms with van der Waals surface area (Å²) in [6.07, 6.45) is -0.521. The van der Waals surface area contributed by atoms with Gasteiger partial charge in [0.25, 0.3) is 5.91 Å². The summed E-state index contributed by atoms with van der Waals surface area (Å²) in [5, 5.41) is 22.2. The van der Waals surface area contributed by atoms with Crippen LogP contribution in [0.15, 0.2) is 31.1 Å². The molecule has 132 valence electrons. The summed E-state index contributed by atoms with van der Waals surface area (Å²) in [5.41, 5.74) is 0.429. The Kier molecular flexibility index (Phi) is 8.69. The van der Waals surface area contributed by atoms with E-state index in [1.54, 1.807) is 18.3 Å². The highest BCUT2D eigenvalue weighted by Crippen LogP contribution is 2.13. The molecule has 0 aliphatic rings. The van der Waals surface area contributed by atoms with Gasteiger partial charge in [-0.3, -0.25) is 9.59 Å². The molecule has 1 rings (SSSR count). The van der Waals surface area contributed by atoms with Crippen molar-refractivity contribution in [3.8, 4) is 0 Å². The third-order valence-corrected chi connectivity index (χ3v) is 2.24. The van der Waals surface area contributed by atoms with Gasteiger partial charge < -0.3 is 15.5 Å². The molecule has 0 spiro atoms. The van der Waals surface area contributed by atoms with Gasteiger partial charge in [-0.15, -0.1) is 6.58 Å². The van der Waals surface area contributed by atoms with E-state index in [9.17, 15) is 22.8 Å². The number of rotatable bonds is 6. The lowest BCUT2D eigenvalue weighted by Crippen LogP contribution is -2.39. The summed E-state index contributed by atoms with van der Waals surface area (Å²) in [6, 6.07) is 1.59. The normalized spacial score (nSPS) is 10.1. The van der Waals surface area contributed by atoms with Gasteiger partial charge in [-0.1, -0.05) is 10.8 Å². The first-order valence-electron chi connectivity index (χ1n) is 6.34. The van der Waals surface area contributed by atoms with E-state index in [2.05, 4.69) is 17.0 Å². The molecule has 0 radical (unpaired) electrons. The number of amides is 1. The standard InChI is InChI=1S/C11H13N3O3.C2HF3O2/c1-2-5-12-11(17)9-3-6-14(13-8-9)7-4-10(15)16;3-2(4,5)1(6)7/h2-3,6,8H,1,4-5,7H2,(H-,12,15,16,17);(H,6,7)/p+1. The minimum absolute atomic E-state index is 0.000324. The number of hydrogen-bond acceptors (Lipinski definition) is 4. The van der Waals surface area contributed by atoms with E-state index in [1.807, 2.05) is 0 Å². The third kappa shape index (κ3) is 9.12. The largest absolute Gasteiger partial charge is 0.490 e. The van der Waals surface area contributed by atoms with Crippen molar-refractivity contribution in [2.45, 2.75) is 19.1 Å². The van der Waals surface area contributed by atoms with Crippen molar-refractivity contribution < 1.29 is 42.4 Å². The Bertz CT molecular complexity index is 588. The minimum atomic E-state index is -5.08. The fraction of sp³-hybridized carbons (Fsp3) is 0.308. The van der Waals surface area contributed by atoms with Crippen LogP contribution in [0.1, 0.15) is 16.8 Å². The topological polar surface area (TPSA) is 120 Å². The van der Waals surface area contributed by atoms with Crippen LogP contribution in [-0.2, 0) is 16.1 Å². The van der Waals surface area contributed by atoms with E-state index in [-0.39, 0.29) is 18.9 Å². The minimum Gasteiger partial charge on any atom is -0.481 e. The number of aromatic nitrogens is 2. The highest BCUT2D eigenvalue weighted by atomic mass is 19.4. The number of carbonyl (C=O) groups excluding carboxylic acids is 1. The second-order valence-corrected chi connectivity index (χ2v) is 4.12. The maximum atomic E-state index is 11.5. The Morgan fingerprint density at radius 2 is 1.92 bits per heavy atom. The first-order chi connectivity index (χ1) is 11.1. The van der Waals surface area contributed by atoms with Crippen LogP contribution in [0, 0.1) is 0 Å². The molecule has 0 aliphatic heterocycles. The van der Waals surface area contributed by atoms with E-state index in [4.69, 9.17) is 15.0 Å². The molecule has 1 aromatic heterocycles. The molecule has 11 heteroatoms. The zero-order valence-corrected chi connectivity index (χ0v) is 12.3. The molecule has 0 saturated heterocycles. The lowest BCUT2D eigenvalue weighted by Gasteiger charge is -2.00. The molecule has 3 N–H and O–H groups in total. The van der Waals surface area contributed by atoms with Gasteiger partial charge in [-0.25, -0.2) is 4.79 Å². The maximum absolute atomic E-state index is 11.5. The van der Waals surface area contributed by atoms with Crippen LogP contribution in [0.4, 0.5) is 13.2 Å². The first kappa shape index (κ1) is 21.0. The molecule has 0 bridgehead atoms. The molecular weight excluding hydrogens is 335 g/mol. The Morgan fingerprint density at radius 1 is 1.33 bits per heavy atom. The van der Waals surface area contributed by atoms with Crippen molar-refractivity contribution in [2.24, 2.45) is 0 Å². The number of nitrogens with one attached hydrogen (secondary N) is 1. The predicted molar refractivity (Wildman–Crippen MR) is 72.9 cm³/mol. The van der Waals surface area contributed by atoms with E-state index in [0.717, 1.165) is 0 Å². The Labute approximate surface area is 134 Å². The quantitative estimate of drug-likeness (QED) is 0.504. The summed E-state index contributed by atoms with van der Waals surface area (Å²) in [7, 11) is 0. The molecule has 0 unspecified atom stereocenters. The number of aryl methyl sites for hydroxylation is 1. The number of alkyl halides is 3. The van der Waals surface area contributed by atoms with Crippen LogP contribution in [0.25, 0.3) is 0 Å². The lowest BCUT2D eigenvalue weighted by atomic mass is 10.3. The number of carboxylic acids is 2. The molecule has 0 aromatic carbocycles. The number of halogens is 3. The third-order valence-electron chi connectivity index (χ3n) is 2.24. The summed E-state index contributed by atoms with van der Waals surface area (Å²) >= 11 is 0.